The summed E-state index contributed by atoms with van der Waals surface area (Å²) < 4.78 is 7.72. The van der Waals surface area contributed by atoms with Crippen LogP contribution in [0, 0.1) is 16.7 Å². The van der Waals surface area contributed by atoms with Gasteiger partial charge in [0.1, 0.15) is 11.8 Å². The van der Waals surface area contributed by atoms with Crippen molar-refractivity contribution < 1.29 is 9.53 Å². The fourth-order valence-corrected chi connectivity index (χ4v) is 4.34. The molecule has 1 saturated heterocycles. The van der Waals surface area contributed by atoms with E-state index in [0.29, 0.717) is 6.42 Å². The van der Waals surface area contributed by atoms with Gasteiger partial charge < -0.3 is 10.1 Å². The van der Waals surface area contributed by atoms with E-state index in [-0.39, 0.29) is 35.0 Å². The lowest BCUT2D eigenvalue weighted by molar-refractivity contribution is -0.0342. The predicted molar refractivity (Wildman–Crippen MR) is 124 cm³/mol. The summed E-state index contributed by atoms with van der Waals surface area (Å²) in [6.45, 7) is 13.3. The number of carbonyl (C=O) groups excluding carboxylic acids is 1. The van der Waals surface area contributed by atoms with Crippen molar-refractivity contribution in [2.24, 2.45) is 16.7 Å². The summed E-state index contributed by atoms with van der Waals surface area (Å²) >= 11 is 0. The van der Waals surface area contributed by atoms with Gasteiger partial charge in [0.15, 0.2) is 0 Å². The topological polar surface area (TPSA) is 93.2 Å². The van der Waals surface area contributed by atoms with Crippen LogP contribution in [0.25, 0.3) is 0 Å². The van der Waals surface area contributed by atoms with Crippen molar-refractivity contribution in [1.82, 2.24) is 14.9 Å². The van der Waals surface area contributed by atoms with Crippen molar-refractivity contribution in [3.8, 4) is 0 Å². The van der Waals surface area contributed by atoms with Crippen LogP contribution in [-0.2, 0) is 11.3 Å². The Kier molecular flexibility index (Phi) is 6.79. The van der Waals surface area contributed by atoms with E-state index >= 15 is 0 Å². The van der Waals surface area contributed by atoms with E-state index in [1.165, 1.54) is 10.8 Å². The Morgan fingerprint density at radius 3 is 2.38 bits per heavy atom. The molecule has 1 amide bonds. The standard InChI is InChI=1S/C25H35N3O4/c1-24(2,3)13-19-18(25(4,5)6)12-20(32-19)28-15-17(22(30)27-23(28)31)21(29)26-14-16-10-8-7-9-11-16/h7-11,15,18-20H,12-14H2,1-6H3,(H,26,29)(H,27,30,31)/t18-,19-,20-/m1/s1. The number of hydrogen-bond donors (Lipinski definition) is 2. The summed E-state index contributed by atoms with van der Waals surface area (Å²) in [5, 5.41) is 2.75. The molecule has 3 rings (SSSR count). The summed E-state index contributed by atoms with van der Waals surface area (Å²) in [6.07, 6.45) is 2.28. The first-order valence-electron chi connectivity index (χ1n) is 11.2. The molecule has 2 heterocycles. The van der Waals surface area contributed by atoms with Gasteiger partial charge in [0.05, 0.1) is 6.10 Å². The fraction of sp³-hybridized carbons (Fsp3) is 0.560. The van der Waals surface area contributed by atoms with E-state index in [4.69, 9.17) is 4.74 Å². The number of H-pyrrole nitrogens is 1. The average Bonchev–Trinajstić information content (AvgIpc) is 3.09. The molecule has 0 radical (unpaired) electrons. The molecule has 1 aliphatic rings. The Bertz CT molecular complexity index is 1060. The first kappa shape index (κ1) is 24.0. The van der Waals surface area contributed by atoms with Gasteiger partial charge in [-0.05, 0) is 35.2 Å². The van der Waals surface area contributed by atoms with E-state index < -0.39 is 23.4 Å². The summed E-state index contributed by atoms with van der Waals surface area (Å²) in [6, 6.07) is 9.43. The zero-order valence-electron chi connectivity index (χ0n) is 19.9. The third kappa shape index (κ3) is 5.76. The van der Waals surface area contributed by atoms with Crippen molar-refractivity contribution in [2.45, 2.75) is 73.3 Å². The molecule has 2 N–H and O–H groups in total. The number of nitrogens with one attached hydrogen (secondary N) is 2. The quantitative estimate of drug-likeness (QED) is 0.737. The van der Waals surface area contributed by atoms with Crippen molar-refractivity contribution in [1.29, 1.82) is 0 Å². The third-order valence-electron chi connectivity index (χ3n) is 5.98. The molecule has 0 unspecified atom stereocenters. The monoisotopic (exact) mass is 441 g/mol. The van der Waals surface area contributed by atoms with Gasteiger partial charge in [0.25, 0.3) is 11.5 Å². The second-order valence-corrected chi connectivity index (χ2v) is 11.0. The van der Waals surface area contributed by atoms with E-state index in [9.17, 15) is 14.4 Å². The van der Waals surface area contributed by atoms with E-state index in [1.807, 2.05) is 30.3 Å². The van der Waals surface area contributed by atoms with Gasteiger partial charge in [0, 0.05) is 12.7 Å². The molecule has 1 aromatic carbocycles. The average molecular weight is 442 g/mol. The Morgan fingerprint density at radius 2 is 1.78 bits per heavy atom. The highest BCUT2D eigenvalue weighted by molar-refractivity contribution is 5.93. The molecule has 3 atom stereocenters. The van der Waals surface area contributed by atoms with Gasteiger partial charge in [-0.3, -0.25) is 19.1 Å². The predicted octanol–water partition coefficient (Wildman–Crippen LogP) is 3.85. The third-order valence-corrected chi connectivity index (χ3v) is 5.98. The minimum Gasteiger partial charge on any atom is -0.354 e. The van der Waals surface area contributed by atoms with Gasteiger partial charge >= 0.3 is 5.69 Å². The number of rotatable bonds is 5. The number of aromatic nitrogens is 2. The molecule has 0 bridgehead atoms. The largest absolute Gasteiger partial charge is 0.354 e. The van der Waals surface area contributed by atoms with Gasteiger partial charge in [-0.25, -0.2) is 4.79 Å². The molecule has 174 valence electrons. The lowest BCUT2D eigenvalue weighted by Gasteiger charge is -2.33. The molecular weight excluding hydrogens is 406 g/mol. The van der Waals surface area contributed by atoms with Crippen LogP contribution in [0.1, 0.15) is 76.5 Å². The Balaban J connectivity index is 1.85. The molecule has 0 saturated carbocycles. The normalized spacial score (nSPS) is 21.5. The lowest BCUT2D eigenvalue weighted by atomic mass is 9.73. The number of benzene rings is 1. The zero-order chi connectivity index (χ0) is 23.7. The van der Waals surface area contributed by atoms with Gasteiger partial charge in [-0.15, -0.1) is 0 Å². The molecule has 0 spiro atoms. The van der Waals surface area contributed by atoms with Crippen molar-refractivity contribution in [3.63, 3.8) is 0 Å². The Hall–Kier alpha value is -2.67. The molecule has 1 fully saturated rings. The van der Waals surface area contributed by atoms with Crippen LogP contribution < -0.4 is 16.6 Å². The van der Waals surface area contributed by atoms with Crippen LogP contribution in [0.15, 0.2) is 46.1 Å². The summed E-state index contributed by atoms with van der Waals surface area (Å²) in [5.41, 5.74) is -0.385. The van der Waals surface area contributed by atoms with E-state index in [1.54, 1.807) is 0 Å². The minimum atomic E-state index is -0.701. The Morgan fingerprint density at radius 1 is 1.12 bits per heavy atom. The second kappa shape index (κ2) is 9.06. The lowest BCUT2D eigenvalue weighted by Crippen LogP contribution is -2.38. The SMILES string of the molecule is CC(C)(C)C[C@H]1O[C@@H](n2cc(C(=O)NCc3ccccc3)c(=O)[nH]c2=O)C[C@H]1C(C)(C)C. The molecule has 0 aliphatic carbocycles. The van der Waals surface area contributed by atoms with Crippen LogP contribution in [0.4, 0.5) is 0 Å². The maximum Gasteiger partial charge on any atom is 0.330 e. The number of carbonyl (C=O) groups is 1. The van der Waals surface area contributed by atoms with Crippen LogP contribution in [0.5, 0.6) is 0 Å². The molecule has 32 heavy (non-hydrogen) atoms. The highest BCUT2D eigenvalue weighted by atomic mass is 16.5. The molecular formula is C25H35N3O4. The van der Waals surface area contributed by atoms with E-state index in [0.717, 1.165) is 12.0 Å². The molecule has 7 nitrogen and oxygen atoms in total. The highest BCUT2D eigenvalue weighted by Crippen LogP contribution is 2.46. The van der Waals surface area contributed by atoms with Crippen LogP contribution in [0.2, 0.25) is 0 Å². The van der Waals surface area contributed by atoms with Crippen molar-refractivity contribution in [2.75, 3.05) is 0 Å². The second-order valence-electron chi connectivity index (χ2n) is 11.0. The molecule has 1 aromatic heterocycles. The highest BCUT2D eigenvalue weighted by Gasteiger charge is 2.44. The minimum absolute atomic E-state index is 0.00759. The zero-order valence-corrected chi connectivity index (χ0v) is 19.9. The van der Waals surface area contributed by atoms with Crippen LogP contribution in [-0.4, -0.2) is 21.6 Å². The molecule has 2 aromatic rings. The van der Waals surface area contributed by atoms with Crippen LogP contribution >= 0.6 is 0 Å². The summed E-state index contributed by atoms with van der Waals surface area (Å²) in [7, 11) is 0. The fourth-order valence-electron chi connectivity index (χ4n) is 4.34. The molecule has 7 heteroatoms. The van der Waals surface area contributed by atoms with Gasteiger partial charge in [-0.1, -0.05) is 71.9 Å². The number of amides is 1. The maximum absolute atomic E-state index is 12.7. The maximum atomic E-state index is 12.7. The van der Waals surface area contributed by atoms with Crippen molar-refractivity contribution >= 4 is 5.91 Å². The first-order chi connectivity index (χ1) is 14.8. The number of nitrogens with zero attached hydrogens (tertiary/aromatic N) is 1. The first-order valence-corrected chi connectivity index (χ1v) is 11.2. The van der Waals surface area contributed by atoms with E-state index in [2.05, 4.69) is 51.8 Å². The summed E-state index contributed by atoms with van der Waals surface area (Å²) in [4.78, 5) is 40.0. The molecule has 1 aliphatic heterocycles. The van der Waals surface area contributed by atoms with Gasteiger partial charge in [-0.2, -0.15) is 0 Å². The van der Waals surface area contributed by atoms with Crippen molar-refractivity contribution in [3.05, 3.63) is 68.5 Å². The number of ether oxygens (including phenoxy) is 1. The summed E-state index contributed by atoms with van der Waals surface area (Å²) in [5.74, 6) is -0.290. The van der Waals surface area contributed by atoms with Crippen LogP contribution in [0.3, 0.4) is 0 Å². The van der Waals surface area contributed by atoms with Gasteiger partial charge in [0.2, 0.25) is 0 Å². The smallest absolute Gasteiger partial charge is 0.330 e. The number of aromatic amines is 1. The Labute approximate surface area is 189 Å². The number of hydrogen-bond acceptors (Lipinski definition) is 4.